The average Bonchev–Trinajstić information content (AvgIpc) is 3.33. The van der Waals surface area contributed by atoms with Crippen molar-refractivity contribution in [2.24, 2.45) is 17.8 Å². The Labute approximate surface area is 190 Å². The zero-order chi connectivity index (χ0) is 22.4. The number of ether oxygens (including phenoxy) is 2. The van der Waals surface area contributed by atoms with Crippen molar-refractivity contribution < 1.29 is 19.1 Å². The molecule has 0 aromatic heterocycles. The summed E-state index contributed by atoms with van der Waals surface area (Å²) in [5, 5.41) is 5.72. The molecule has 2 aliphatic rings. The van der Waals surface area contributed by atoms with Crippen LogP contribution in [0.2, 0.25) is 0 Å². The van der Waals surface area contributed by atoms with Crippen LogP contribution in [0.25, 0.3) is 0 Å². The molecule has 2 amide bonds. The third-order valence-corrected chi connectivity index (χ3v) is 7.37. The van der Waals surface area contributed by atoms with Gasteiger partial charge in [-0.3, -0.25) is 4.79 Å². The van der Waals surface area contributed by atoms with Crippen LogP contribution in [0.4, 0.5) is 4.79 Å². The molecule has 6 nitrogen and oxygen atoms in total. The van der Waals surface area contributed by atoms with E-state index in [1.807, 2.05) is 45.0 Å². The lowest BCUT2D eigenvalue weighted by atomic mass is 9.90. The first-order valence-electron chi connectivity index (χ1n) is 11.2. The Morgan fingerprint density at radius 1 is 1.16 bits per heavy atom. The Bertz CT molecular complexity index is 747. The van der Waals surface area contributed by atoms with Crippen molar-refractivity contribution in [2.75, 3.05) is 18.6 Å². The number of methoxy groups -OCH3 is 1. The van der Waals surface area contributed by atoms with E-state index < -0.39 is 17.7 Å². The van der Waals surface area contributed by atoms with E-state index in [-0.39, 0.29) is 5.91 Å². The average molecular weight is 449 g/mol. The minimum Gasteiger partial charge on any atom is -0.497 e. The van der Waals surface area contributed by atoms with Crippen molar-refractivity contribution in [2.45, 2.75) is 64.6 Å². The number of carbonyl (C=O) groups is 2. The maximum atomic E-state index is 12.9. The summed E-state index contributed by atoms with van der Waals surface area (Å²) in [5.74, 6) is 4.71. The number of benzene rings is 1. The predicted octanol–water partition coefficient (Wildman–Crippen LogP) is 4.37. The second-order valence-corrected chi connectivity index (χ2v) is 10.8. The van der Waals surface area contributed by atoms with Gasteiger partial charge in [-0.15, -0.1) is 0 Å². The van der Waals surface area contributed by atoms with Crippen LogP contribution < -0.4 is 15.4 Å². The first-order chi connectivity index (χ1) is 14.7. The van der Waals surface area contributed by atoms with Gasteiger partial charge < -0.3 is 20.1 Å². The SMILES string of the molecule is COc1ccc(CNC(=O)[C@H](CSC[C@H]2C[C@H]3CCC2C3)NC(=O)OC(C)(C)C)cc1. The maximum absolute atomic E-state index is 12.9. The molecule has 2 bridgehead atoms. The topological polar surface area (TPSA) is 76.7 Å². The molecule has 172 valence electrons. The van der Waals surface area contributed by atoms with Crippen LogP contribution in [-0.2, 0) is 16.1 Å². The van der Waals surface area contributed by atoms with Crippen LogP contribution in [0.15, 0.2) is 24.3 Å². The van der Waals surface area contributed by atoms with Gasteiger partial charge in [-0.05, 0) is 81.2 Å². The first kappa shape index (κ1) is 23.8. The van der Waals surface area contributed by atoms with Gasteiger partial charge in [-0.25, -0.2) is 4.79 Å². The largest absolute Gasteiger partial charge is 0.497 e. The van der Waals surface area contributed by atoms with Gasteiger partial charge >= 0.3 is 6.09 Å². The molecule has 0 heterocycles. The fourth-order valence-electron chi connectivity index (χ4n) is 4.61. The van der Waals surface area contributed by atoms with E-state index in [2.05, 4.69) is 10.6 Å². The normalized spacial score (nSPS) is 23.3. The number of amides is 2. The summed E-state index contributed by atoms with van der Waals surface area (Å²) in [6.07, 6.45) is 4.90. The number of fused-ring (bicyclic) bond motifs is 2. The molecule has 1 unspecified atom stereocenters. The molecule has 0 saturated heterocycles. The number of thioether (sulfide) groups is 1. The monoisotopic (exact) mass is 448 g/mol. The van der Waals surface area contributed by atoms with Crippen molar-refractivity contribution in [1.29, 1.82) is 0 Å². The number of hydrogen-bond donors (Lipinski definition) is 2. The molecule has 2 N–H and O–H groups in total. The van der Waals surface area contributed by atoms with Crippen LogP contribution in [0.1, 0.15) is 52.0 Å². The fourth-order valence-corrected chi connectivity index (χ4v) is 5.92. The van der Waals surface area contributed by atoms with Crippen LogP contribution in [-0.4, -0.2) is 42.3 Å². The number of hydrogen-bond acceptors (Lipinski definition) is 5. The summed E-state index contributed by atoms with van der Waals surface area (Å²) in [6.45, 7) is 5.84. The van der Waals surface area contributed by atoms with Gasteiger partial charge in [0, 0.05) is 12.3 Å². The second-order valence-electron chi connectivity index (χ2n) is 9.74. The molecular formula is C24H36N2O4S. The van der Waals surface area contributed by atoms with Crippen LogP contribution in [0, 0.1) is 17.8 Å². The van der Waals surface area contributed by atoms with Gasteiger partial charge in [0.15, 0.2) is 0 Å². The highest BCUT2D eigenvalue weighted by Crippen LogP contribution is 2.49. The Morgan fingerprint density at radius 3 is 2.48 bits per heavy atom. The molecule has 4 atom stereocenters. The van der Waals surface area contributed by atoms with Gasteiger partial charge in [-0.2, -0.15) is 11.8 Å². The van der Waals surface area contributed by atoms with Crippen LogP contribution >= 0.6 is 11.8 Å². The van der Waals surface area contributed by atoms with Crippen molar-refractivity contribution in [1.82, 2.24) is 10.6 Å². The van der Waals surface area contributed by atoms with E-state index in [4.69, 9.17) is 9.47 Å². The molecular weight excluding hydrogens is 412 g/mol. The summed E-state index contributed by atoms with van der Waals surface area (Å²) < 4.78 is 10.5. The molecule has 2 aliphatic carbocycles. The number of carbonyl (C=O) groups excluding carboxylic acids is 2. The Kier molecular flexibility index (Phi) is 8.14. The number of rotatable bonds is 9. The quantitative estimate of drug-likeness (QED) is 0.586. The summed E-state index contributed by atoms with van der Waals surface area (Å²) in [6, 6.07) is 6.93. The van der Waals surface area contributed by atoms with Crippen LogP contribution in [0.3, 0.4) is 0 Å². The molecule has 31 heavy (non-hydrogen) atoms. The van der Waals surface area contributed by atoms with Crippen molar-refractivity contribution in [3.05, 3.63) is 29.8 Å². The third-order valence-electron chi connectivity index (χ3n) is 6.13. The Hall–Kier alpha value is -1.89. The summed E-state index contributed by atoms with van der Waals surface area (Å²) >= 11 is 1.77. The Morgan fingerprint density at radius 2 is 1.90 bits per heavy atom. The lowest BCUT2D eigenvalue weighted by Crippen LogP contribution is -2.49. The lowest BCUT2D eigenvalue weighted by molar-refractivity contribution is -0.122. The molecule has 1 aromatic carbocycles. The maximum Gasteiger partial charge on any atom is 0.408 e. The lowest BCUT2D eigenvalue weighted by Gasteiger charge is -2.25. The van der Waals surface area contributed by atoms with E-state index in [1.54, 1.807) is 18.9 Å². The summed E-state index contributed by atoms with van der Waals surface area (Å²) in [5.41, 5.74) is 0.365. The van der Waals surface area contributed by atoms with Crippen LogP contribution in [0.5, 0.6) is 5.75 Å². The smallest absolute Gasteiger partial charge is 0.408 e. The van der Waals surface area contributed by atoms with Gasteiger partial charge in [0.25, 0.3) is 0 Å². The second kappa shape index (κ2) is 10.6. The Balaban J connectivity index is 1.52. The molecule has 2 saturated carbocycles. The molecule has 0 radical (unpaired) electrons. The van der Waals surface area contributed by atoms with E-state index in [0.29, 0.717) is 12.3 Å². The van der Waals surface area contributed by atoms with Crippen molar-refractivity contribution in [3.8, 4) is 5.75 Å². The van der Waals surface area contributed by atoms with Crippen molar-refractivity contribution >= 4 is 23.8 Å². The minimum atomic E-state index is -0.628. The predicted molar refractivity (Wildman–Crippen MR) is 124 cm³/mol. The molecule has 7 heteroatoms. The molecule has 1 aromatic rings. The van der Waals surface area contributed by atoms with Gasteiger partial charge in [0.2, 0.25) is 5.91 Å². The summed E-state index contributed by atoms with van der Waals surface area (Å²) in [7, 11) is 1.62. The number of alkyl carbamates (subject to hydrolysis) is 1. The van der Waals surface area contributed by atoms with E-state index >= 15 is 0 Å². The highest BCUT2D eigenvalue weighted by molar-refractivity contribution is 7.99. The minimum absolute atomic E-state index is 0.192. The van der Waals surface area contributed by atoms with E-state index in [0.717, 1.165) is 34.8 Å². The molecule has 0 aliphatic heterocycles. The van der Waals surface area contributed by atoms with Gasteiger partial charge in [-0.1, -0.05) is 18.6 Å². The zero-order valence-electron chi connectivity index (χ0n) is 19.1. The van der Waals surface area contributed by atoms with Gasteiger partial charge in [0.1, 0.15) is 17.4 Å². The van der Waals surface area contributed by atoms with E-state index in [9.17, 15) is 9.59 Å². The molecule has 3 rings (SSSR count). The first-order valence-corrected chi connectivity index (χ1v) is 12.4. The van der Waals surface area contributed by atoms with Gasteiger partial charge in [0.05, 0.1) is 7.11 Å². The highest BCUT2D eigenvalue weighted by Gasteiger charge is 2.39. The number of nitrogens with one attached hydrogen (secondary N) is 2. The summed E-state index contributed by atoms with van der Waals surface area (Å²) in [4.78, 5) is 25.2. The van der Waals surface area contributed by atoms with Crippen molar-refractivity contribution in [3.63, 3.8) is 0 Å². The molecule has 0 spiro atoms. The zero-order valence-corrected chi connectivity index (χ0v) is 19.9. The highest BCUT2D eigenvalue weighted by atomic mass is 32.2. The third kappa shape index (κ3) is 7.34. The standard InChI is InChI=1S/C24H36N2O4S/c1-24(2,3)30-23(28)26-21(15-31-14-19-12-17-5-8-18(19)11-17)22(27)25-13-16-6-9-20(29-4)10-7-16/h6-7,9-10,17-19,21H,5,8,11-15H2,1-4H3,(H,25,27)(H,26,28)/t17-,18?,19+,21-/m0/s1. The fraction of sp³-hybridized carbons (Fsp3) is 0.667. The molecule has 2 fully saturated rings. The van der Waals surface area contributed by atoms with E-state index in [1.165, 1.54) is 25.7 Å².